The summed E-state index contributed by atoms with van der Waals surface area (Å²) in [4.78, 5) is 11.7. The summed E-state index contributed by atoms with van der Waals surface area (Å²) in [6.45, 7) is 8.13. The van der Waals surface area contributed by atoms with Crippen molar-refractivity contribution >= 4 is 24.8 Å². The Balaban J connectivity index is 0.000000686. The molecule has 0 radical (unpaired) electrons. The SMILES string of the molecule is CC.CC1(C)C=Cc2oc(S)cc(=O)c2C=C1. The molecule has 0 spiro atoms. The number of hydrogen-bond acceptors (Lipinski definition) is 3. The fourth-order valence-electron chi connectivity index (χ4n) is 1.44. The van der Waals surface area contributed by atoms with E-state index in [1.165, 1.54) is 6.07 Å². The fraction of sp³-hybridized carbons (Fsp3) is 0.357. The summed E-state index contributed by atoms with van der Waals surface area (Å²) in [5.74, 6) is 0.578. The van der Waals surface area contributed by atoms with E-state index < -0.39 is 0 Å². The first-order valence-corrected chi connectivity index (χ1v) is 6.18. The van der Waals surface area contributed by atoms with E-state index in [9.17, 15) is 4.79 Å². The van der Waals surface area contributed by atoms with Gasteiger partial charge >= 0.3 is 0 Å². The van der Waals surface area contributed by atoms with Crippen LogP contribution in [0.2, 0.25) is 0 Å². The highest BCUT2D eigenvalue weighted by atomic mass is 32.1. The van der Waals surface area contributed by atoms with E-state index in [1.807, 2.05) is 38.2 Å². The van der Waals surface area contributed by atoms with E-state index in [0.717, 1.165) is 0 Å². The molecule has 0 saturated carbocycles. The van der Waals surface area contributed by atoms with Gasteiger partial charge in [-0.15, -0.1) is 12.6 Å². The van der Waals surface area contributed by atoms with Gasteiger partial charge in [-0.1, -0.05) is 45.9 Å². The first-order chi connectivity index (χ1) is 7.98. The lowest BCUT2D eigenvalue weighted by molar-refractivity contribution is 0.445. The Bertz CT molecular complexity index is 507. The Morgan fingerprint density at radius 2 is 1.76 bits per heavy atom. The molecule has 0 bridgehead atoms. The Hall–Kier alpha value is -1.22. The molecule has 0 saturated heterocycles. The third-order valence-electron chi connectivity index (χ3n) is 2.34. The van der Waals surface area contributed by atoms with E-state index in [1.54, 1.807) is 0 Å². The minimum absolute atomic E-state index is 0.0557. The standard InChI is InChI=1S/C12H12O2S.C2H6/c1-12(2)5-3-8-9(13)7-11(15)14-10(8)4-6-12;1-2/h3-7,15H,1-2H3;1-2H3. The lowest BCUT2D eigenvalue weighted by Crippen LogP contribution is -2.05. The van der Waals surface area contributed by atoms with Crippen LogP contribution in [0.4, 0.5) is 0 Å². The molecule has 0 N–H and O–H groups in total. The summed E-state index contributed by atoms with van der Waals surface area (Å²) in [6, 6.07) is 1.39. The quantitative estimate of drug-likeness (QED) is 0.705. The molecule has 1 aliphatic rings. The summed E-state index contributed by atoms with van der Waals surface area (Å²) in [7, 11) is 0. The monoisotopic (exact) mass is 250 g/mol. The van der Waals surface area contributed by atoms with Crippen molar-refractivity contribution in [1.29, 1.82) is 0 Å². The average Bonchev–Trinajstić information content (AvgIpc) is 2.41. The molecular formula is C14H18O2S. The van der Waals surface area contributed by atoms with Crippen LogP contribution in [-0.4, -0.2) is 0 Å². The van der Waals surface area contributed by atoms with Gasteiger partial charge < -0.3 is 4.42 Å². The zero-order valence-electron chi connectivity index (χ0n) is 10.7. The molecule has 1 aromatic rings. The van der Waals surface area contributed by atoms with E-state index in [0.29, 0.717) is 16.4 Å². The first-order valence-electron chi connectivity index (χ1n) is 5.73. The third kappa shape index (κ3) is 3.37. The number of thiol groups is 1. The molecule has 1 aromatic heterocycles. The van der Waals surface area contributed by atoms with Gasteiger partial charge in [0.15, 0.2) is 10.5 Å². The van der Waals surface area contributed by atoms with Gasteiger partial charge in [0.05, 0.1) is 5.56 Å². The maximum absolute atomic E-state index is 11.7. The van der Waals surface area contributed by atoms with Crippen molar-refractivity contribution in [3.05, 3.63) is 39.8 Å². The summed E-state index contributed by atoms with van der Waals surface area (Å²) in [6.07, 6.45) is 7.64. The van der Waals surface area contributed by atoms with E-state index in [-0.39, 0.29) is 10.8 Å². The van der Waals surface area contributed by atoms with E-state index >= 15 is 0 Å². The van der Waals surface area contributed by atoms with Crippen molar-refractivity contribution in [3.63, 3.8) is 0 Å². The van der Waals surface area contributed by atoms with Gasteiger partial charge in [-0.25, -0.2) is 0 Å². The number of hydrogen-bond donors (Lipinski definition) is 1. The summed E-state index contributed by atoms with van der Waals surface area (Å²) in [5.41, 5.74) is 0.479. The molecule has 2 rings (SSSR count). The van der Waals surface area contributed by atoms with Crippen LogP contribution >= 0.6 is 12.6 Å². The van der Waals surface area contributed by atoms with E-state index in [2.05, 4.69) is 26.5 Å². The molecule has 0 atom stereocenters. The van der Waals surface area contributed by atoms with Gasteiger partial charge in [0.25, 0.3) is 0 Å². The molecular weight excluding hydrogens is 232 g/mol. The maximum Gasteiger partial charge on any atom is 0.193 e. The Morgan fingerprint density at radius 1 is 1.18 bits per heavy atom. The lowest BCUT2D eigenvalue weighted by atomic mass is 9.93. The van der Waals surface area contributed by atoms with Gasteiger partial charge in [-0.3, -0.25) is 4.79 Å². The van der Waals surface area contributed by atoms with Crippen LogP contribution < -0.4 is 5.43 Å². The van der Waals surface area contributed by atoms with Crippen LogP contribution in [0.5, 0.6) is 0 Å². The second kappa shape index (κ2) is 5.41. The van der Waals surface area contributed by atoms with Crippen molar-refractivity contribution in [2.24, 2.45) is 5.41 Å². The number of rotatable bonds is 0. The van der Waals surface area contributed by atoms with Crippen LogP contribution in [0.3, 0.4) is 0 Å². The first kappa shape index (κ1) is 13.8. The van der Waals surface area contributed by atoms with Crippen molar-refractivity contribution in [2.45, 2.75) is 32.8 Å². The Labute approximate surface area is 107 Å². The zero-order valence-corrected chi connectivity index (χ0v) is 11.5. The van der Waals surface area contributed by atoms with Crippen LogP contribution in [0.1, 0.15) is 39.0 Å². The molecule has 1 aliphatic carbocycles. The highest BCUT2D eigenvalue weighted by Crippen LogP contribution is 2.26. The van der Waals surface area contributed by atoms with Crippen LogP contribution in [-0.2, 0) is 0 Å². The minimum Gasteiger partial charge on any atom is -0.450 e. The molecule has 2 nitrogen and oxygen atoms in total. The van der Waals surface area contributed by atoms with Gasteiger partial charge in [0.1, 0.15) is 5.76 Å². The number of fused-ring (bicyclic) bond motifs is 1. The third-order valence-corrected chi connectivity index (χ3v) is 2.56. The fourth-order valence-corrected chi connectivity index (χ4v) is 1.66. The van der Waals surface area contributed by atoms with Gasteiger partial charge in [0.2, 0.25) is 0 Å². The molecule has 0 amide bonds. The molecule has 0 aliphatic heterocycles. The predicted octanol–water partition coefficient (Wildman–Crippen LogP) is 4.02. The smallest absolute Gasteiger partial charge is 0.193 e. The number of allylic oxidation sites excluding steroid dienone is 2. The summed E-state index contributed by atoms with van der Waals surface area (Å²) >= 11 is 4.04. The molecule has 0 fully saturated rings. The largest absolute Gasteiger partial charge is 0.450 e. The predicted molar refractivity (Wildman–Crippen MR) is 75.4 cm³/mol. The maximum atomic E-state index is 11.7. The molecule has 17 heavy (non-hydrogen) atoms. The molecule has 3 heteroatoms. The van der Waals surface area contributed by atoms with Crippen molar-refractivity contribution in [3.8, 4) is 0 Å². The zero-order chi connectivity index (χ0) is 13.1. The minimum atomic E-state index is -0.0578. The Morgan fingerprint density at radius 3 is 2.41 bits per heavy atom. The molecule has 0 unspecified atom stereocenters. The van der Waals surface area contributed by atoms with Crippen LogP contribution in [0, 0.1) is 5.41 Å². The molecule has 92 valence electrons. The van der Waals surface area contributed by atoms with Crippen molar-refractivity contribution < 1.29 is 4.42 Å². The van der Waals surface area contributed by atoms with Gasteiger partial charge in [-0.05, 0) is 6.08 Å². The second-order valence-electron chi connectivity index (χ2n) is 4.21. The highest BCUT2D eigenvalue weighted by Gasteiger charge is 2.15. The second-order valence-corrected chi connectivity index (χ2v) is 4.66. The summed E-state index contributed by atoms with van der Waals surface area (Å²) < 4.78 is 5.38. The van der Waals surface area contributed by atoms with Gasteiger partial charge in [0, 0.05) is 11.5 Å². The molecule has 0 aromatic carbocycles. The topological polar surface area (TPSA) is 30.2 Å². The van der Waals surface area contributed by atoms with Crippen LogP contribution in [0.25, 0.3) is 12.2 Å². The normalized spacial score (nSPS) is 15.6. The van der Waals surface area contributed by atoms with E-state index in [4.69, 9.17) is 4.42 Å². The van der Waals surface area contributed by atoms with Crippen LogP contribution in [0.15, 0.2) is 32.5 Å². The lowest BCUT2D eigenvalue weighted by Gasteiger charge is -2.11. The molecule has 1 heterocycles. The average molecular weight is 250 g/mol. The summed E-state index contributed by atoms with van der Waals surface area (Å²) in [5, 5.41) is 0.344. The van der Waals surface area contributed by atoms with Gasteiger partial charge in [-0.2, -0.15) is 0 Å². The highest BCUT2D eigenvalue weighted by molar-refractivity contribution is 7.80. The van der Waals surface area contributed by atoms with Crippen molar-refractivity contribution in [2.75, 3.05) is 0 Å². The Kier molecular flexibility index (Phi) is 4.40. The van der Waals surface area contributed by atoms with Crippen molar-refractivity contribution in [1.82, 2.24) is 0 Å².